The number of nitrogens with two attached hydrogens (primary N) is 1. The van der Waals surface area contributed by atoms with Crippen LogP contribution in [0.1, 0.15) is 28.8 Å². The quantitative estimate of drug-likeness (QED) is 0.745. The van der Waals surface area contributed by atoms with Gasteiger partial charge in [-0.05, 0) is 37.5 Å². The molecule has 2 heterocycles. The monoisotopic (exact) mass is 388 g/mol. The summed E-state index contributed by atoms with van der Waals surface area (Å²) in [6, 6.07) is 17.7. The van der Waals surface area contributed by atoms with Crippen molar-refractivity contribution in [1.82, 2.24) is 14.7 Å². The van der Waals surface area contributed by atoms with Gasteiger partial charge in [0.05, 0.1) is 11.3 Å². The molecule has 0 aliphatic carbocycles. The lowest BCUT2D eigenvalue weighted by atomic mass is 9.95. The number of likely N-dealkylation sites (tertiary alicyclic amines) is 1. The average Bonchev–Trinajstić information content (AvgIpc) is 3.19. The van der Waals surface area contributed by atoms with Gasteiger partial charge in [-0.25, -0.2) is 4.68 Å². The van der Waals surface area contributed by atoms with Crippen molar-refractivity contribution in [3.8, 4) is 16.9 Å². The van der Waals surface area contributed by atoms with Crippen LogP contribution in [0.5, 0.6) is 0 Å². The number of hydrogen-bond donors (Lipinski definition) is 1. The molecule has 3 aromatic rings. The maximum absolute atomic E-state index is 13.4. The highest BCUT2D eigenvalue weighted by Gasteiger charge is 2.29. The van der Waals surface area contributed by atoms with E-state index in [9.17, 15) is 9.59 Å². The van der Waals surface area contributed by atoms with Crippen LogP contribution in [0.25, 0.3) is 16.9 Å². The van der Waals surface area contributed by atoms with Gasteiger partial charge in [0.25, 0.3) is 5.91 Å². The maximum Gasteiger partial charge on any atom is 0.257 e. The van der Waals surface area contributed by atoms with E-state index in [1.165, 1.54) is 0 Å². The number of para-hydroxylation sites is 1. The molecule has 6 heteroatoms. The fourth-order valence-electron chi connectivity index (χ4n) is 3.82. The SMILES string of the molecule is Cc1ccccc1-c1nn(-c2ccccc2)cc1C(=O)N1CCC(C(N)=O)CC1. The molecule has 6 nitrogen and oxygen atoms in total. The third-order valence-electron chi connectivity index (χ3n) is 5.55. The summed E-state index contributed by atoms with van der Waals surface area (Å²) in [4.78, 5) is 26.6. The van der Waals surface area contributed by atoms with Crippen molar-refractivity contribution >= 4 is 11.8 Å². The molecule has 0 bridgehead atoms. The first-order chi connectivity index (χ1) is 14.0. The molecule has 0 saturated carbocycles. The number of benzene rings is 2. The van der Waals surface area contributed by atoms with E-state index in [1.807, 2.05) is 61.5 Å². The van der Waals surface area contributed by atoms with Gasteiger partial charge in [-0.2, -0.15) is 5.10 Å². The second-order valence-electron chi connectivity index (χ2n) is 7.46. The molecule has 148 valence electrons. The van der Waals surface area contributed by atoms with Gasteiger partial charge in [-0.3, -0.25) is 9.59 Å². The summed E-state index contributed by atoms with van der Waals surface area (Å²) in [5.41, 5.74) is 9.58. The van der Waals surface area contributed by atoms with E-state index in [4.69, 9.17) is 10.8 Å². The van der Waals surface area contributed by atoms with Gasteiger partial charge in [0, 0.05) is 30.8 Å². The molecule has 1 aliphatic rings. The van der Waals surface area contributed by atoms with Crippen molar-refractivity contribution < 1.29 is 9.59 Å². The number of carbonyl (C=O) groups is 2. The molecule has 1 saturated heterocycles. The zero-order valence-electron chi connectivity index (χ0n) is 16.4. The predicted octanol–water partition coefficient (Wildman–Crippen LogP) is 3.19. The van der Waals surface area contributed by atoms with Crippen LogP contribution in [-0.4, -0.2) is 39.6 Å². The summed E-state index contributed by atoms with van der Waals surface area (Å²) in [6.07, 6.45) is 3.01. The standard InChI is InChI=1S/C23H24N4O2/c1-16-7-5-6-10-19(16)21-20(15-27(25-21)18-8-3-2-4-9-18)23(29)26-13-11-17(12-14-26)22(24)28/h2-10,15,17H,11-14H2,1H3,(H2,24,28). The van der Waals surface area contributed by atoms with Crippen molar-refractivity contribution in [2.24, 2.45) is 11.7 Å². The summed E-state index contributed by atoms with van der Waals surface area (Å²) in [5.74, 6) is -0.495. The molecule has 2 amide bonds. The minimum Gasteiger partial charge on any atom is -0.369 e. The lowest BCUT2D eigenvalue weighted by Crippen LogP contribution is -2.41. The Kier molecular flexibility index (Phi) is 5.16. The molecule has 0 spiro atoms. The predicted molar refractivity (Wildman–Crippen MR) is 112 cm³/mol. The number of amides is 2. The number of piperidine rings is 1. The number of hydrogen-bond acceptors (Lipinski definition) is 3. The van der Waals surface area contributed by atoms with E-state index in [0.717, 1.165) is 16.8 Å². The second-order valence-corrected chi connectivity index (χ2v) is 7.46. The Morgan fingerprint density at radius 3 is 2.31 bits per heavy atom. The maximum atomic E-state index is 13.4. The van der Waals surface area contributed by atoms with Crippen molar-refractivity contribution in [2.75, 3.05) is 13.1 Å². The summed E-state index contributed by atoms with van der Waals surface area (Å²) in [5, 5.41) is 4.77. The normalized spacial score (nSPS) is 14.7. The first-order valence-corrected chi connectivity index (χ1v) is 9.84. The number of carbonyl (C=O) groups excluding carboxylic acids is 2. The molecular weight excluding hydrogens is 364 g/mol. The average molecular weight is 388 g/mol. The van der Waals surface area contributed by atoms with E-state index in [2.05, 4.69) is 0 Å². The van der Waals surface area contributed by atoms with Crippen LogP contribution in [0.15, 0.2) is 60.8 Å². The fraction of sp³-hybridized carbons (Fsp3) is 0.261. The fourth-order valence-corrected chi connectivity index (χ4v) is 3.82. The van der Waals surface area contributed by atoms with Gasteiger partial charge in [0.2, 0.25) is 5.91 Å². The van der Waals surface area contributed by atoms with Crippen LogP contribution in [0.3, 0.4) is 0 Å². The second kappa shape index (κ2) is 7.91. The van der Waals surface area contributed by atoms with Crippen LogP contribution >= 0.6 is 0 Å². The highest BCUT2D eigenvalue weighted by Crippen LogP contribution is 2.29. The number of rotatable bonds is 4. The van der Waals surface area contributed by atoms with E-state index in [1.54, 1.807) is 15.8 Å². The molecule has 0 unspecified atom stereocenters. The molecular formula is C23H24N4O2. The third-order valence-corrected chi connectivity index (χ3v) is 5.55. The lowest BCUT2D eigenvalue weighted by molar-refractivity contribution is -0.123. The molecule has 1 fully saturated rings. The zero-order chi connectivity index (χ0) is 20.4. The van der Waals surface area contributed by atoms with Crippen molar-refractivity contribution in [3.63, 3.8) is 0 Å². The Morgan fingerprint density at radius 1 is 1.00 bits per heavy atom. The smallest absolute Gasteiger partial charge is 0.257 e. The van der Waals surface area contributed by atoms with Gasteiger partial charge in [0.1, 0.15) is 5.69 Å². The van der Waals surface area contributed by atoms with Crippen LogP contribution in [-0.2, 0) is 4.79 Å². The first kappa shape index (κ1) is 18.9. The molecule has 0 radical (unpaired) electrons. The number of nitrogens with zero attached hydrogens (tertiary/aromatic N) is 3. The van der Waals surface area contributed by atoms with Crippen LogP contribution < -0.4 is 5.73 Å². The Labute approximate surface area is 169 Å². The summed E-state index contributed by atoms with van der Waals surface area (Å²) in [7, 11) is 0. The lowest BCUT2D eigenvalue weighted by Gasteiger charge is -2.30. The molecule has 4 rings (SSSR count). The minimum absolute atomic E-state index is 0.0617. The number of aromatic nitrogens is 2. The van der Waals surface area contributed by atoms with Crippen LogP contribution in [0.2, 0.25) is 0 Å². The summed E-state index contributed by atoms with van der Waals surface area (Å²) >= 11 is 0. The Balaban J connectivity index is 1.72. The summed E-state index contributed by atoms with van der Waals surface area (Å²) < 4.78 is 1.76. The van der Waals surface area contributed by atoms with E-state index >= 15 is 0 Å². The van der Waals surface area contributed by atoms with Crippen LogP contribution in [0.4, 0.5) is 0 Å². The van der Waals surface area contributed by atoms with Gasteiger partial charge >= 0.3 is 0 Å². The third kappa shape index (κ3) is 3.78. The van der Waals surface area contributed by atoms with Gasteiger partial charge in [0.15, 0.2) is 0 Å². The van der Waals surface area contributed by atoms with E-state index < -0.39 is 0 Å². The minimum atomic E-state index is -0.283. The zero-order valence-corrected chi connectivity index (χ0v) is 16.4. The number of primary amides is 1. The van der Waals surface area contributed by atoms with Gasteiger partial charge < -0.3 is 10.6 Å². The van der Waals surface area contributed by atoms with Crippen LogP contribution in [0, 0.1) is 12.8 Å². The van der Waals surface area contributed by atoms with Crippen molar-refractivity contribution in [3.05, 3.63) is 71.9 Å². The largest absolute Gasteiger partial charge is 0.369 e. The highest BCUT2D eigenvalue weighted by atomic mass is 16.2. The van der Waals surface area contributed by atoms with Crippen molar-refractivity contribution in [1.29, 1.82) is 0 Å². The van der Waals surface area contributed by atoms with E-state index in [-0.39, 0.29) is 17.7 Å². The molecule has 29 heavy (non-hydrogen) atoms. The highest BCUT2D eigenvalue weighted by molar-refractivity contribution is 6.00. The Morgan fingerprint density at radius 2 is 1.66 bits per heavy atom. The molecule has 1 aliphatic heterocycles. The first-order valence-electron chi connectivity index (χ1n) is 9.84. The summed E-state index contributed by atoms with van der Waals surface area (Å²) in [6.45, 7) is 3.07. The Bertz CT molecular complexity index is 1030. The van der Waals surface area contributed by atoms with E-state index in [0.29, 0.717) is 37.2 Å². The van der Waals surface area contributed by atoms with Crippen molar-refractivity contribution in [2.45, 2.75) is 19.8 Å². The van der Waals surface area contributed by atoms with Gasteiger partial charge in [-0.1, -0.05) is 42.5 Å². The number of aryl methyl sites for hydroxylation is 1. The molecule has 2 N–H and O–H groups in total. The topological polar surface area (TPSA) is 81.2 Å². The molecule has 0 atom stereocenters. The molecule has 1 aromatic heterocycles. The Hall–Kier alpha value is -3.41. The van der Waals surface area contributed by atoms with Gasteiger partial charge in [-0.15, -0.1) is 0 Å². The molecule has 2 aromatic carbocycles.